The SMILES string of the molecule is Cc1[nH]ncc1C(=O)N1CCCC(Cc2ccccc2-c2ccccc2)(C(=O)N(C)C)C1. The van der Waals surface area contributed by atoms with Crippen LogP contribution in [0.15, 0.2) is 60.8 Å². The molecule has 6 nitrogen and oxygen atoms in total. The van der Waals surface area contributed by atoms with Gasteiger partial charge < -0.3 is 9.80 Å². The Hall–Kier alpha value is -3.41. The maximum Gasteiger partial charge on any atom is 0.257 e. The highest BCUT2D eigenvalue weighted by atomic mass is 16.2. The molecule has 1 saturated heterocycles. The number of aromatic nitrogens is 2. The molecule has 6 heteroatoms. The Kier molecular flexibility index (Phi) is 6.12. The van der Waals surface area contributed by atoms with E-state index in [1.54, 1.807) is 25.2 Å². The number of aromatic amines is 1. The highest BCUT2D eigenvalue weighted by Gasteiger charge is 2.45. The van der Waals surface area contributed by atoms with Crippen LogP contribution in [-0.2, 0) is 11.2 Å². The van der Waals surface area contributed by atoms with Gasteiger partial charge in [0.05, 0.1) is 17.2 Å². The Bertz CT molecular complexity index is 1110. The van der Waals surface area contributed by atoms with Gasteiger partial charge in [0, 0.05) is 32.9 Å². The molecule has 32 heavy (non-hydrogen) atoms. The van der Waals surface area contributed by atoms with Crippen LogP contribution >= 0.6 is 0 Å². The van der Waals surface area contributed by atoms with Gasteiger partial charge in [0.2, 0.25) is 5.91 Å². The summed E-state index contributed by atoms with van der Waals surface area (Å²) in [6, 6.07) is 18.5. The predicted molar refractivity (Wildman–Crippen MR) is 125 cm³/mol. The lowest BCUT2D eigenvalue weighted by molar-refractivity contribution is -0.142. The largest absolute Gasteiger partial charge is 0.348 e. The number of likely N-dealkylation sites (tertiary alicyclic amines) is 1. The fourth-order valence-electron chi connectivity index (χ4n) is 4.85. The van der Waals surface area contributed by atoms with Crippen molar-refractivity contribution in [3.05, 3.63) is 77.6 Å². The van der Waals surface area contributed by atoms with Gasteiger partial charge in [-0.1, -0.05) is 54.6 Å². The van der Waals surface area contributed by atoms with Crippen molar-refractivity contribution in [1.82, 2.24) is 20.0 Å². The molecule has 166 valence electrons. The van der Waals surface area contributed by atoms with Gasteiger partial charge >= 0.3 is 0 Å². The molecule has 1 fully saturated rings. The third kappa shape index (κ3) is 4.17. The van der Waals surface area contributed by atoms with Gasteiger partial charge in [0.15, 0.2) is 0 Å². The molecule has 0 saturated carbocycles. The topological polar surface area (TPSA) is 69.3 Å². The van der Waals surface area contributed by atoms with E-state index in [0.29, 0.717) is 25.1 Å². The maximum atomic E-state index is 13.6. The summed E-state index contributed by atoms with van der Waals surface area (Å²) in [5, 5.41) is 6.85. The zero-order chi connectivity index (χ0) is 22.7. The number of hydrogen-bond donors (Lipinski definition) is 1. The Morgan fingerprint density at radius 2 is 1.81 bits per heavy atom. The van der Waals surface area contributed by atoms with Crippen molar-refractivity contribution in [2.24, 2.45) is 5.41 Å². The Balaban J connectivity index is 1.70. The molecular formula is C26H30N4O2. The third-order valence-electron chi connectivity index (χ3n) is 6.42. The fourth-order valence-corrected chi connectivity index (χ4v) is 4.85. The summed E-state index contributed by atoms with van der Waals surface area (Å²) in [6.07, 6.45) is 3.70. The van der Waals surface area contributed by atoms with Crippen LogP contribution in [0.3, 0.4) is 0 Å². The maximum absolute atomic E-state index is 13.6. The molecule has 3 aromatic rings. The molecule has 2 heterocycles. The van der Waals surface area contributed by atoms with Crippen molar-refractivity contribution < 1.29 is 9.59 Å². The second-order valence-electron chi connectivity index (χ2n) is 8.92. The van der Waals surface area contributed by atoms with Gasteiger partial charge in [-0.15, -0.1) is 0 Å². The first kappa shape index (κ1) is 21.8. The molecule has 2 aromatic carbocycles. The smallest absolute Gasteiger partial charge is 0.257 e. The third-order valence-corrected chi connectivity index (χ3v) is 6.42. The van der Waals surface area contributed by atoms with Crippen LogP contribution in [-0.4, -0.2) is 59.0 Å². The van der Waals surface area contributed by atoms with Crippen LogP contribution in [0.5, 0.6) is 0 Å². The summed E-state index contributed by atoms with van der Waals surface area (Å²) in [5.41, 5.74) is 4.05. The summed E-state index contributed by atoms with van der Waals surface area (Å²) >= 11 is 0. The van der Waals surface area contributed by atoms with E-state index in [4.69, 9.17) is 0 Å². The molecule has 1 unspecified atom stereocenters. The number of carbonyl (C=O) groups is 2. The lowest BCUT2D eigenvalue weighted by Gasteiger charge is -2.43. The lowest BCUT2D eigenvalue weighted by Crippen LogP contribution is -2.54. The van der Waals surface area contributed by atoms with Crippen molar-refractivity contribution in [3.63, 3.8) is 0 Å². The molecular weight excluding hydrogens is 400 g/mol. The van der Waals surface area contributed by atoms with Crippen molar-refractivity contribution in [3.8, 4) is 11.1 Å². The van der Waals surface area contributed by atoms with E-state index < -0.39 is 5.41 Å². The average molecular weight is 431 g/mol. The molecule has 0 spiro atoms. The quantitative estimate of drug-likeness (QED) is 0.667. The van der Waals surface area contributed by atoms with Gasteiger partial charge in [0.25, 0.3) is 5.91 Å². The van der Waals surface area contributed by atoms with E-state index in [9.17, 15) is 9.59 Å². The number of hydrogen-bond acceptors (Lipinski definition) is 3. The minimum absolute atomic E-state index is 0.0665. The van der Waals surface area contributed by atoms with Crippen LogP contribution in [0, 0.1) is 12.3 Å². The molecule has 4 rings (SSSR count). The molecule has 1 N–H and O–H groups in total. The minimum atomic E-state index is -0.667. The van der Waals surface area contributed by atoms with Gasteiger partial charge in [-0.05, 0) is 42.9 Å². The normalized spacial score (nSPS) is 18.4. The van der Waals surface area contributed by atoms with Crippen molar-refractivity contribution in [2.45, 2.75) is 26.2 Å². The molecule has 1 aliphatic heterocycles. The van der Waals surface area contributed by atoms with E-state index in [2.05, 4.69) is 34.5 Å². The van der Waals surface area contributed by atoms with Crippen LogP contribution in [0.2, 0.25) is 0 Å². The fraction of sp³-hybridized carbons (Fsp3) is 0.346. The molecule has 0 aliphatic carbocycles. The van der Waals surface area contributed by atoms with E-state index in [-0.39, 0.29) is 11.8 Å². The van der Waals surface area contributed by atoms with Gasteiger partial charge in [-0.3, -0.25) is 14.7 Å². The zero-order valence-electron chi connectivity index (χ0n) is 19.0. The molecule has 1 aromatic heterocycles. The second-order valence-corrected chi connectivity index (χ2v) is 8.92. The Morgan fingerprint density at radius 3 is 2.50 bits per heavy atom. The number of aryl methyl sites for hydroxylation is 1. The summed E-state index contributed by atoms with van der Waals surface area (Å²) in [6.45, 7) is 2.89. The minimum Gasteiger partial charge on any atom is -0.348 e. The lowest BCUT2D eigenvalue weighted by atomic mass is 9.72. The summed E-state index contributed by atoms with van der Waals surface area (Å²) in [5.74, 6) is 0.00464. The number of nitrogens with one attached hydrogen (secondary N) is 1. The molecule has 1 atom stereocenters. The van der Waals surface area contributed by atoms with Crippen LogP contribution < -0.4 is 0 Å². The summed E-state index contributed by atoms with van der Waals surface area (Å²) in [7, 11) is 3.60. The van der Waals surface area contributed by atoms with Crippen molar-refractivity contribution >= 4 is 11.8 Å². The van der Waals surface area contributed by atoms with Gasteiger partial charge in [-0.25, -0.2) is 0 Å². The van der Waals surface area contributed by atoms with E-state index in [1.807, 2.05) is 42.2 Å². The van der Waals surface area contributed by atoms with Crippen molar-refractivity contribution in [2.75, 3.05) is 27.2 Å². The first-order chi connectivity index (χ1) is 15.4. The molecule has 0 radical (unpaired) electrons. The number of benzene rings is 2. The van der Waals surface area contributed by atoms with E-state index in [1.165, 1.54) is 0 Å². The number of rotatable bonds is 5. The highest BCUT2D eigenvalue weighted by molar-refractivity contribution is 5.95. The standard InChI is InChI=1S/C26H30N4O2/c1-19-23(17-27-28-19)24(31)30-15-9-14-26(18-30,25(32)29(2)3)16-21-12-7-8-13-22(21)20-10-5-4-6-11-20/h4-8,10-13,17H,9,14-16,18H2,1-3H3,(H,27,28). The molecule has 2 amide bonds. The Morgan fingerprint density at radius 1 is 1.09 bits per heavy atom. The number of H-pyrrole nitrogens is 1. The number of carbonyl (C=O) groups excluding carboxylic acids is 2. The van der Waals surface area contributed by atoms with Crippen molar-refractivity contribution in [1.29, 1.82) is 0 Å². The van der Waals surface area contributed by atoms with Crippen LogP contribution in [0.25, 0.3) is 11.1 Å². The Labute approximate surface area is 189 Å². The van der Waals surface area contributed by atoms with Crippen LogP contribution in [0.1, 0.15) is 34.5 Å². The first-order valence-corrected chi connectivity index (χ1v) is 11.1. The van der Waals surface area contributed by atoms with Gasteiger partial charge in [0.1, 0.15) is 0 Å². The molecule has 0 bridgehead atoms. The van der Waals surface area contributed by atoms with E-state index >= 15 is 0 Å². The number of nitrogens with zero attached hydrogens (tertiary/aromatic N) is 3. The first-order valence-electron chi connectivity index (χ1n) is 11.1. The highest BCUT2D eigenvalue weighted by Crippen LogP contribution is 2.38. The van der Waals surface area contributed by atoms with Gasteiger partial charge in [-0.2, -0.15) is 5.10 Å². The molecule has 1 aliphatic rings. The number of piperidine rings is 1. The monoisotopic (exact) mass is 430 g/mol. The van der Waals surface area contributed by atoms with E-state index in [0.717, 1.165) is 35.2 Å². The zero-order valence-corrected chi connectivity index (χ0v) is 19.0. The summed E-state index contributed by atoms with van der Waals surface area (Å²) < 4.78 is 0. The second kappa shape index (κ2) is 8.99. The average Bonchev–Trinajstić information content (AvgIpc) is 3.25. The van der Waals surface area contributed by atoms with Crippen LogP contribution in [0.4, 0.5) is 0 Å². The predicted octanol–water partition coefficient (Wildman–Crippen LogP) is 3.94. The summed E-state index contributed by atoms with van der Waals surface area (Å²) in [4.78, 5) is 30.3. The number of amides is 2.